The summed E-state index contributed by atoms with van der Waals surface area (Å²) in [5.74, 6) is 0.759. The molecule has 0 spiro atoms. The summed E-state index contributed by atoms with van der Waals surface area (Å²) >= 11 is 2.66. The van der Waals surface area contributed by atoms with Crippen molar-refractivity contribution in [2.75, 3.05) is 35.3 Å². The summed E-state index contributed by atoms with van der Waals surface area (Å²) in [6.07, 6.45) is 2.78. The highest BCUT2D eigenvalue weighted by Gasteiger charge is 2.21. The van der Waals surface area contributed by atoms with Crippen molar-refractivity contribution in [3.63, 3.8) is 0 Å². The van der Waals surface area contributed by atoms with Gasteiger partial charge in [-0.1, -0.05) is 29.2 Å². The first-order chi connectivity index (χ1) is 12.3. The molecular formula is C15H18N4O4S3. The quantitative estimate of drug-likeness (QED) is 0.381. The first-order valence-electron chi connectivity index (χ1n) is 7.32. The molecule has 1 heterocycles. The molecule has 0 aliphatic rings. The molecule has 1 aromatic carbocycles. The third-order valence-electron chi connectivity index (χ3n) is 3.03. The van der Waals surface area contributed by atoms with Gasteiger partial charge in [0.1, 0.15) is 12.3 Å². The van der Waals surface area contributed by atoms with Crippen LogP contribution in [0.4, 0.5) is 10.8 Å². The van der Waals surface area contributed by atoms with E-state index < -0.39 is 15.9 Å². The number of benzene rings is 1. The van der Waals surface area contributed by atoms with E-state index in [2.05, 4.69) is 22.1 Å². The number of nitrogens with zero attached hydrogens (tertiary/aromatic N) is 3. The number of hydrogen-bond acceptors (Lipinski definition) is 8. The average Bonchev–Trinajstić information content (AvgIpc) is 3.04. The molecule has 0 unspecified atom stereocenters. The molecule has 0 aliphatic heterocycles. The highest BCUT2D eigenvalue weighted by atomic mass is 32.2. The van der Waals surface area contributed by atoms with Crippen molar-refractivity contribution in [3.05, 3.63) is 36.9 Å². The summed E-state index contributed by atoms with van der Waals surface area (Å²) < 4.78 is 30.9. The van der Waals surface area contributed by atoms with Gasteiger partial charge in [0.15, 0.2) is 4.34 Å². The number of sulfonamides is 1. The van der Waals surface area contributed by atoms with E-state index in [4.69, 9.17) is 4.74 Å². The van der Waals surface area contributed by atoms with Crippen molar-refractivity contribution in [2.45, 2.75) is 4.34 Å². The van der Waals surface area contributed by atoms with Crippen molar-refractivity contribution < 1.29 is 17.9 Å². The summed E-state index contributed by atoms with van der Waals surface area (Å²) in [4.78, 5) is 12.3. The van der Waals surface area contributed by atoms with E-state index in [0.717, 1.165) is 10.6 Å². The predicted molar refractivity (Wildman–Crippen MR) is 105 cm³/mol. The van der Waals surface area contributed by atoms with Crippen molar-refractivity contribution in [1.82, 2.24) is 10.2 Å². The zero-order chi connectivity index (χ0) is 19.2. The van der Waals surface area contributed by atoms with Crippen LogP contribution in [0.25, 0.3) is 0 Å². The standard InChI is InChI=1S/C15H18N4O4S3/c1-4-9-24-15-18-17-14(25-15)16-13(20)10-19(26(3,21)22)11-5-7-12(23-2)8-6-11/h4-8H,1,9-10H2,2-3H3,(H,16,17,20). The molecule has 1 N–H and O–H groups in total. The Morgan fingerprint density at radius 3 is 2.65 bits per heavy atom. The monoisotopic (exact) mass is 414 g/mol. The minimum Gasteiger partial charge on any atom is -0.497 e. The molecule has 0 atom stereocenters. The SMILES string of the molecule is C=CCSc1nnc(NC(=O)CN(c2ccc(OC)cc2)S(C)(=O)=O)s1. The molecule has 26 heavy (non-hydrogen) atoms. The Balaban J connectivity index is 2.09. The highest BCUT2D eigenvalue weighted by Crippen LogP contribution is 2.26. The van der Waals surface area contributed by atoms with Crippen LogP contribution in [0, 0.1) is 0 Å². The van der Waals surface area contributed by atoms with E-state index in [-0.39, 0.29) is 6.54 Å². The second kappa shape index (κ2) is 9.01. The molecule has 0 aliphatic carbocycles. The zero-order valence-electron chi connectivity index (χ0n) is 14.2. The van der Waals surface area contributed by atoms with Gasteiger partial charge in [-0.15, -0.1) is 16.8 Å². The van der Waals surface area contributed by atoms with Crippen LogP contribution in [-0.2, 0) is 14.8 Å². The lowest BCUT2D eigenvalue weighted by Crippen LogP contribution is -2.37. The van der Waals surface area contributed by atoms with Crippen LogP contribution in [-0.4, -0.2) is 50.2 Å². The van der Waals surface area contributed by atoms with Crippen molar-refractivity contribution in [3.8, 4) is 5.75 Å². The Bertz CT molecular complexity index is 865. The number of methoxy groups -OCH3 is 1. The molecule has 0 radical (unpaired) electrons. The number of ether oxygens (including phenoxy) is 1. The van der Waals surface area contributed by atoms with Crippen LogP contribution >= 0.6 is 23.1 Å². The van der Waals surface area contributed by atoms with Crippen LogP contribution in [0.3, 0.4) is 0 Å². The minimum atomic E-state index is -3.65. The first kappa shape index (κ1) is 20.2. The number of carbonyl (C=O) groups excluding carboxylic acids is 1. The number of hydrogen-bond donors (Lipinski definition) is 1. The smallest absolute Gasteiger partial charge is 0.246 e. The van der Waals surface area contributed by atoms with Gasteiger partial charge in [-0.05, 0) is 24.3 Å². The van der Waals surface area contributed by atoms with Crippen LogP contribution < -0.4 is 14.4 Å². The summed E-state index contributed by atoms with van der Waals surface area (Å²) in [5, 5.41) is 10.7. The largest absolute Gasteiger partial charge is 0.497 e. The zero-order valence-corrected chi connectivity index (χ0v) is 16.7. The van der Waals surface area contributed by atoms with Gasteiger partial charge in [-0.25, -0.2) is 8.42 Å². The normalized spacial score (nSPS) is 11.0. The molecule has 1 aromatic heterocycles. The molecule has 2 aromatic rings. The molecule has 11 heteroatoms. The van der Waals surface area contributed by atoms with Gasteiger partial charge in [0.05, 0.1) is 19.1 Å². The number of rotatable bonds is 9. The van der Waals surface area contributed by atoms with E-state index in [1.807, 2.05) is 0 Å². The number of anilines is 2. The van der Waals surface area contributed by atoms with Crippen LogP contribution in [0.1, 0.15) is 0 Å². The third kappa shape index (κ3) is 5.71. The highest BCUT2D eigenvalue weighted by molar-refractivity contribution is 8.01. The van der Waals surface area contributed by atoms with Crippen molar-refractivity contribution in [1.29, 1.82) is 0 Å². The molecule has 2 rings (SSSR count). The lowest BCUT2D eigenvalue weighted by Gasteiger charge is -2.21. The molecule has 0 saturated heterocycles. The van der Waals surface area contributed by atoms with Crippen molar-refractivity contribution >= 4 is 49.8 Å². The lowest BCUT2D eigenvalue weighted by molar-refractivity contribution is -0.114. The molecule has 8 nitrogen and oxygen atoms in total. The van der Waals surface area contributed by atoms with Gasteiger partial charge in [0, 0.05) is 5.75 Å². The van der Waals surface area contributed by atoms with Gasteiger partial charge in [-0.3, -0.25) is 14.4 Å². The third-order valence-corrected chi connectivity index (χ3v) is 6.13. The fourth-order valence-corrected chi connectivity index (χ4v) is 4.27. The first-order valence-corrected chi connectivity index (χ1v) is 11.0. The second-order valence-corrected chi connectivity index (χ2v) is 9.14. The molecule has 140 valence electrons. The minimum absolute atomic E-state index is 0.310. The number of carbonyl (C=O) groups is 1. The molecule has 1 amide bonds. The molecular weight excluding hydrogens is 396 g/mol. The summed E-state index contributed by atoms with van der Waals surface area (Å²) in [6, 6.07) is 6.39. The molecule has 0 saturated carbocycles. The van der Waals surface area contributed by atoms with E-state index in [1.54, 1.807) is 30.3 Å². The maximum Gasteiger partial charge on any atom is 0.246 e. The van der Waals surface area contributed by atoms with Crippen LogP contribution in [0.5, 0.6) is 5.75 Å². The number of aromatic nitrogens is 2. The maximum atomic E-state index is 12.3. The Labute approximate surface area is 160 Å². The van der Waals surface area contributed by atoms with Gasteiger partial charge in [0.25, 0.3) is 0 Å². The molecule has 0 fully saturated rings. The summed E-state index contributed by atoms with van der Waals surface area (Å²) in [7, 11) is -2.13. The summed E-state index contributed by atoms with van der Waals surface area (Å²) in [5.41, 5.74) is 0.364. The number of thioether (sulfide) groups is 1. The van der Waals surface area contributed by atoms with E-state index >= 15 is 0 Å². The van der Waals surface area contributed by atoms with Gasteiger partial charge >= 0.3 is 0 Å². The van der Waals surface area contributed by atoms with Gasteiger partial charge in [0.2, 0.25) is 21.1 Å². The Kier molecular flexibility index (Phi) is 7.00. The van der Waals surface area contributed by atoms with E-state index in [9.17, 15) is 13.2 Å². The average molecular weight is 415 g/mol. The number of amides is 1. The van der Waals surface area contributed by atoms with Crippen LogP contribution in [0.15, 0.2) is 41.3 Å². The van der Waals surface area contributed by atoms with Gasteiger partial charge in [-0.2, -0.15) is 0 Å². The topological polar surface area (TPSA) is 101 Å². The second-order valence-electron chi connectivity index (χ2n) is 4.99. The lowest BCUT2D eigenvalue weighted by atomic mass is 10.3. The Hall–Kier alpha value is -2.11. The Morgan fingerprint density at radius 1 is 1.38 bits per heavy atom. The fourth-order valence-electron chi connectivity index (χ4n) is 1.89. The predicted octanol–water partition coefficient (Wildman–Crippen LogP) is 2.23. The van der Waals surface area contributed by atoms with Crippen LogP contribution in [0.2, 0.25) is 0 Å². The maximum absolute atomic E-state index is 12.3. The summed E-state index contributed by atoms with van der Waals surface area (Å²) in [6.45, 7) is 3.25. The fraction of sp³-hybridized carbons (Fsp3) is 0.267. The van der Waals surface area contributed by atoms with Gasteiger partial charge < -0.3 is 4.74 Å². The van der Waals surface area contributed by atoms with E-state index in [1.165, 1.54) is 30.2 Å². The Morgan fingerprint density at radius 2 is 2.08 bits per heavy atom. The molecule has 0 bridgehead atoms. The van der Waals surface area contributed by atoms with Crippen molar-refractivity contribution in [2.24, 2.45) is 0 Å². The van der Waals surface area contributed by atoms with E-state index in [0.29, 0.717) is 26.7 Å². The number of nitrogens with one attached hydrogen (secondary N) is 1.